The average molecular weight is 199 g/mol. The smallest absolute Gasteiger partial charge is 1.00 e. The van der Waals surface area contributed by atoms with Crippen molar-refractivity contribution in [2.75, 3.05) is 4.72 Å². The zero-order valence-electron chi connectivity index (χ0n) is 7.30. The zero-order chi connectivity index (χ0) is 8.32. The summed E-state index contributed by atoms with van der Waals surface area (Å²) in [5.41, 5.74) is 0. The van der Waals surface area contributed by atoms with Gasteiger partial charge in [0.05, 0.1) is 0 Å². The van der Waals surface area contributed by atoms with Gasteiger partial charge in [0.25, 0.3) is 0 Å². The first kappa shape index (κ1) is 11.8. The molecule has 0 saturated heterocycles. The molecule has 0 saturated carbocycles. The molecule has 0 unspecified atom stereocenters. The molecular formula is C4H6N3NaO3S. The van der Waals surface area contributed by atoms with Crippen LogP contribution in [0.5, 0.6) is 0 Å². The van der Waals surface area contributed by atoms with Gasteiger partial charge in [0.2, 0.25) is 5.95 Å². The first-order chi connectivity index (χ1) is 5.08. The number of hydrogen-bond acceptors (Lipinski definition) is 4. The molecule has 2 N–H and O–H groups in total. The first-order valence-corrected chi connectivity index (χ1v) is 4.04. The van der Waals surface area contributed by atoms with E-state index >= 15 is 0 Å². The van der Waals surface area contributed by atoms with Crippen LogP contribution in [0.25, 0.3) is 0 Å². The van der Waals surface area contributed by atoms with Gasteiger partial charge in [-0.15, -0.1) is 0 Å². The molecule has 1 rings (SSSR count). The number of nitrogens with one attached hydrogen (secondary N) is 1. The van der Waals surface area contributed by atoms with Crippen LogP contribution < -0.4 is 34.3 Å². The molecule has 6 nitrogen and oxygen atoms in total. The molecule has 0 aliphatic carbocycles. The van der Waals surface area contributed by atoms with Crippen LogP contribution in [0.3, 0.4) is 0 Å². The third-order valence-corrected chi connectivity index (χ3v) is 1.23. The van der Waals surface area contributed by atoms with Crippen LogP contribution in [0.4, 0.5) is 5.95 Å². The Kier molecular flexibility index (Phi) is 4.64. The van der Waals surface area contributed by atoms with Crippen molar-refractivity contribution >= 4 is 16.3 Å². The summed E-state index contributed by atoms with van der Waals surface area (Å²) in [6, 6.07) is 1.52. The van der Waals surface area contributed by atoms with Crippen LogP contribution in [0.2, 0.25) is 0 Å². The largest absolute Gasteiger partial charge is 1.00 e. The molecule has 0 radical (unpaired) electrons. The van der Waals surface area contributed by atoms with Crippen LogP contribution in [0.15, 0.2) is 18.5 Å². The molecule has 0 aliphatic rings. The maximum atomic E-state index is 10.2. The van der Waals surface area contributed by atoms with Crippen molar-refractivity contribution in [1.82, 2.24) is 9.97 Å². The number of nitrogens with zero attached hydrogens (tertiary/aromatic N) is 2. The average Bonchev–Trinajstić information content (AvgIpc) is 1.85. The summed E-state index contributed by atoms with van der Waals surface area (Å²) in [7, 11) is -4.25. The number of aromatic nitrogens is 2. The van der Waals surface area contributed by atoms with Crippen LogP contribution in [-0.2, 0) is 10.3 Å². The van der Waals surface area contributed by atoms with Gasteiger partial charge in [-0.05, 0) is 6.07 Å². The maximum Gasteiger partial charge on any atom is 1.00 e. The van der Waals surface area contributed by atoms with E-state index < -0.39 is 10.3 Å². The molecule has 0 amide bonds. The van der Waals surface area contributed by atoms with E-state index in [0.717, 1.165) is 0 Å². The second-order valence-electron chi connectivity index (χ2n) is 1.65. The Balaban J connectivity index is 0. The molecule has 1 heterocycles. The summed E-state index contributed by atoms with van der Waals surface area (Å²) in [4.78, 5) is 7.01. The van der Waals surface area contributed by atoms with E-state index in [2.05, 4.69) is 9.97 Å². The second kappa shape index (κ2) is 4.73. The van der Waals surface area contributed by atoms with Crippen LogP contribution in [0.1, 0.15) is 1.43 Å². The Hall–Kier alpha value is -0.210. The second-order valence-corrected chi connectivity index (χ2v) is 2.80. The fraction of sp³-hybridized carbons (Fsp3) is 0. The van der Waals surface area contributed by atoms with Crippen molar-refractivity contribution < 1.29 is 44.0 Å². The van der Waals surface area contributed by atoms with E-state index in [1.165, 1.54) is 18.5 Å². The van der Waals surface area contributed by atoms with E-state index in [9.17, 15) is 8.42 Å². The summed E-state index contributed by atoms with van der Waals surface area (Å²) in [5, 5.41) is 0. The van der Waals surface area contributed by atoms with Gasteiger partial charge in [-0.3, -0.25) is 4.55 Å². The minimum atomic E-state index is -4.25. The molecule has 62 valence electrons. The van der Waals surface area contributed by atoms with Crippen LogP contribution >= 0.6 is 0 Å². The van der Waals surface area contributed by atoms with Gasteiger partial charge >= 0.3 is 39.9 Å². The first-order valence-electron chi connectivity index (χ1n) is 2.60. The minimum absolute atomic E-state index is 0. The fourth-order valence-electron chi connectivity index (χ4n) is 0.467. The van der Waals surface area contributed by atoms with E-state index in [1.807, 2.05) is 0 Å². The molecule has 12 heavy (non-hydrogen) atoms. The number of anilines is 1. The molecular weight excluding hydrogens is 193 g/mol. The molecule has 0 atom stereocenters. The third kappa shape index (κ3) is 4.62. The van der Waals surface area contributed by atoms with Crippen molar-refractivity contribution in [1.29, 1.82) is 0 Å². The standard InChI is InChI=1S/C4H5N3O3S.Na.H/c8-11(9,10)7-4-5-2-1-3-6-4;;/h1-3H,(H,5,6,7)(H,8,9,10);;/q;+1;-1. The molecule has 0 bridgehead atoms. The van der Waals surface area contributed by atoms with Crippen molar-refractivity contribution in [2.45, 2.75) is 0 Å². The molecule has 0 aromatic carbocycles. The van der Waals surface area contributed by atoms with Crippen molar-refractivity contribution in [2.24, 2.45) is 0 Å². The molecule has 0 aliphatic heterocycles. The SMILES string of the molecule is O=S(=O)(O)Nc1ncccn1.[H-].[Na+]. The van der Waals surface area contributed by atoms with Crippen molar-refractivity contribution in [3.8, 4) is 0 Å². The van der Waals surface area contributed by atoms with E-state index in [-0.39, 0.29) is 36.9 Å². The Morgan fingerprint density at radius 1 is 1.42 bits per heavy atom. The normalized spacial score (nSPS) is 10.1. The summed E-state index contributed by atoms with van der Waals surface area (Å²) < 4.78 is 30.3. The zero-order valence-corrected chi connectivity index (χ0v) is 9.11. The van der Waals surface area contributed by atoms with Crippen molar-refractivity contribution in [3.63, 3.8) is 0 Å². The van der Waals surface area contributed by atoms with Gasteiger partial charge in [-0.1, -0.05) is 0 Å². The van der Waals surface area contributed by atoms with E-state index in [4.69, 9.17) is 4.55 Å². The summed E-state index contributed by atoms with van der Waals surface area (Å²) in [5.74, 6) is -0.157. The number of hydrogen-bond donors (Lipinski definition) is 2. The summed E-state index contributed by atoms with van der Waals surface area (Å²) in [6.45, 7) is 0. The van der Waals surface area contributed by atoms with Gasteiger partial charge < -0.3 is 1.43 Å². The Morgan fingerprint density at radius 3 is 2.33 bits per heavy atom. The summed E-state index contributed by atoms with van der Waals surface area (Å²) >= 11 is 0. The topological polar surface area (TPSA) is 92.2 Å². The minimum Gasteiger partial charge on any atom is -1.00 e. The van der Waals surface area contributed by atoms with Gasteiger partial charge in [0.15, 0.2) is 0 Å². The Labute approximate surface area is 93.1 Å². The van der Waals surface area contributed by atoms with E-state index in [1.54, 1.807) is 4.72 Å². The van der Waals surface area contributed by atoms with Gasteiger partial charge in [0, 0.05) is 12.4 Å². The van der Waals surface area contributed by atoms with Gasteiger partial charge in [0.1, 0.15) is 0 Å². The predicted octanol–water partition coefficient (Wildman–Crippen LogP) is -3.19. The Bertz CT molecular complexity index is 332. The van der Waals surface area contributed by atoms with E-state index in [0.29, 0.717) is 0 Å². The number of rotatable bonds is 2. The monoisotopic (exact) mass is 199 g/mol. The quantitative estimate of drug-likeness (QED) is 0.387. The van der Waals surface area contributed by atoms with Gasteiger partial charge in [-0.25, -0.2) is 14.7 Å². The van der Waals surface area contributed by atoms with Crippen molar-refractivity contribution in [3.05, 3.63) is 18.5 Å². The molecule has 8 heteroatoms. The maximum absolute atomic E-state index is 10.2. The predicted molar refractivity (Wildman–Crippen MR) is 38.3 cm³/mol. The third-order valence-electron chi connectivity index (χ3n) is 0.786. The molecule has 0 fully saturated rings. The van der Waals surface area contributed by atoms with Gasteiger partial charge in [-0.2, -0.15) is 8.42 Å². The molecule has 1 aromatic rings. The fourth-order valence-corrected chi connectivity index (χ4v) is 0.803. The molecule has 0 spiro atoms. The van der Waals surface area contributed by atoms with Crippen LogP contribution in [0, 0.1) is 0 Å². The van der Waals surface area contributed by atoms with Crippen LogP contribution in [-0.4, -0.2) is 22.9 Å². The Morgan fingerprint density at radius 2 is 1.92 bits per heavy atom. The summed E-state index contributed by atoms with van der Waals surface area (Å²) in [6.07, 6.45) is 2.70. The molecule has 1 aromatic heterocycles.